The van der Waals surface area contributed by atoms with Crippen LogP contribution in [0, 0.1) is 0 Å². The second-order valence-corrected chi connectivity index (χ2v) is 5.92. The normalized spacial score (nSPS) is 21.7. The van der Waals surface area contributed by atoms with E-state index in [0.29, 0.717) is 6.61 Å². The Kier molecular flexibility index (Phi) is 6.41. The Morgan fingerprint density at radius 1 is 1.35 bits per heavy atom. The molecule has 0 radical (unpaired) electrons. The van der Waals surface area contributed by atoms with E-state index in [9.17, 15) is 4.79 Å². The molecule has 4 heteroatoms. The molecule has 0 N–H and O–H groups in total. The van der Waals surface area contributed by atoms with Crippen molar-refractivity contribution < 1.29 is 9.53 Å². The van der Waals surface area contributed by atoms with Crippen molar-refractivity contribution in [2.24, 2.45) is 0 Å². The molecule has 0 aromatic rings. The summed E-state index contributed by atoms with van der Waals surface area (Å²) in [5, 5.41) is 0. The summed E-state index contributed by atoms with van der Waals surface area (Å²) in [6, 6.07) is 0. The minimum atomic E-state index is -0.227. The topological polar surface area (TPSA) is 32.8 Å². The maximum atomic E-state index is 12.1. The Morgan fingerprint density at radius 2 is 2.09 bits per heavy atom. The highest BCUT2D eigenvalue weighted by atomic mass is 16.6. The molecule has 1 aliphatic heterocycles. The van der Waals surface area contributed by atoms with E-state index in [1.165, 1.54) is 0 Å². The number of piperazine rings is 1. The van der Waals surface area contributed by atoms with E-state index >= 15 is 0 Å². The first-order chi connectivity index (χ1) is 11.1. The number of ether oxygens (including phenoxy) is 1. The second-order valence-electron chi connectivity index (χ2n) is 5.92. The van der Waals surface area contributed by atoms with Crippen molar-refractivity contribution >= 4 is 6.09 Å². The number of carbonyl (C=O) groups excluding carboxylic acids is 1. The van der Waals surface area contributed by atoms with E-state index in [0.717, 1.165) is 49.3 Å². The van der Waals surface area contributed by atoms with Crippen molar-refractivity contribution in [1.29, 1.82) is 0 Å². The molecule has 1 heterocycles. The monoisotopic (exact) mass is 314 g/mol. The zero-order valence-corrected chi connectivity index (χ0v) is 14.1. The van der Waals surface area contributed by atoms with Crippen LogP contribution < -0.4 is 0 Å². The third-order valence-electron chi connectivity index (χ3n) is 4.04. The molecule has 0 bridgehead atoms. The number of amides is 1. The summed E-state index contributed by atoms with van der Waals surface area (Å²) >= 11 is 0. The van der Waals surface area contributed by atoms with Crippen LogP contribution in [-0.2, 0) is 4.74 Å². The number of nitrogens with zero attached hydrogens (tertiary/aromatic N) is 2. The summed E-state index contributed by atoms with van der Waals surface area (Å²) in [4.78, 5) is 16.1. The molecule has 1 amide bonds. The highest BCUT2D eigenvalue weighted by molar-refractivity contribution is 5.68. The predicted octanol–water partition coefficient (Wildman–Crippen LogP) is 3.32. The standard InChI is InChI=1S/C19H26N2O2/c1-4-5-9-18-14-17(8-6-7-16(18)2)15-23-19(22)21-12-10-20(3)11-13-21/h4-6,8-9,14H,2,7,10-13,15H2,1,3H3/b5-4-,18-9-. The van der Waals surface area contributed by atoms with Gasteiger partial charge in [-0.1, -0.05) is 37.0 Å². The van der Waals surface area contributed by atoms with Gasteiger partial charge in [0.15, 0.2) is 0 Å². The lowest BCUT2D eigenvalue weighted by Gasteiger charge is -2.31. The molecule has 4 nitrogen and oxygen atoms in total. The van der Waals surface area contributed by atoms with Crippen molar-refractivity contribution in [3.63, 3.8) is 0 Å². The largest absolute Gasteiger partial charge is 0.445 e. The first-order valence-electron chi connectivity index (χ1n) is 8.08. The Hall–Kier alpha value is -2.07. The molecule has 0 spiro atoms. The van der Waals surface area contributed by atoms with Crippen molar-refractivity contribution in [3.8, 4) is 0 Å². The van der Waals surface area contributed by atoms with Gasteiger partial charge in [0.2, 0.25) is 0 Å². The number of hydrogen-bond donors (Lipinski definition) is 0. The van der Waals surface area contributed by atoms with Crippen LogP contribution >= 0.6 is 0 Å². The summed E-state index contributed by atoms with van der Waals surface area (Å²) < 4.78 is 5.47. The van der Waals surface area contributed by atoms with Gasteiger partial charge in [-0.25, -0.2) is 4.79 Å². The Labute approximate surface area is 139 Å². The lowest BCUT2D eigenvalue weighted by atomic mass is 10.0. The fraction of sp³-hybridized carbons (Fsp3) is 0.421. The number of likely N-dealkylation sites (N-methyl/N-ethyl adjacent to an activating group) is 1. The molecule has 1 fully saturated rings. The Balaban J connectivity index is 1.95. The van der Waals surface area contributed by atoms with Crippen LogP contribution in [0.15, 0.2) is 59.8 Å². The lowest BCUT2D eigenvalue weighted by Crippen LogP contribution is -2.47. The van der Waals surface area contributed by atoms with Gasteiger partial charge in [0.05, 0.1) is 0 Å². The summed E-state index contributed by atoms with van der Waals surface area (Å²) in [5.74, 6) is 0. The number of allylic oxidation sites excluding steroid dienone is 7. The van der Waals surface area contributed by atoms with Crippen LogP contribution in [0.4, 0.5) is 4.79 Å². The molecule has 23 heavy (non-hydrogen) atoms. The van der Waals surface area contributed by atoms with Gasteiger partial charge in [0, 0.05) is 26.2 Å². The second kappa shape index (κ2) is 8.53. The maximum absolute atomic E-state index is 12.1. The van der Waals surface area contributed by atoms with Crippen molar-refractivity contribution in [2.75, 3.05) is 39.8 Å². The van der Waals surface area contributed by atoms with Gasteiger partial charge in [0.1, 0.15) is 6.61 Å². The van der Waals surface area contributed by atoms with Gasteiger partial charge in [0.25, 0.3) is 0 Å². The van der Waals surface area contributed by atoms with E-state index in [1.54, 1.807) is 4.90 Å². The first kappa shape index (κ1) is 17.3. The van der Waals surface area contributed by atoms with E-state index in [2.05, 4.69) is 24.6 Å². The number of hydrogen-bond acceptors (Lipinski definition) is 3. The third kappa shape index (κ3) is 5.25. The fourth-order valence-corrected chi connectivity index (χ4v) is 2.50. The molecular formula is C19H26N2O2. The number of rotatable bonds is 3. The van der Waals surface area contributed by atoms with Crippen molar-refractivity contribution in [2.45, 2.75) is 13.3 Å². The first-order valence-corrected chi connectivity index (χ1v) is 8.08. The van der Waals surface area contributed by atoms with Crippen LogP contribution in [0.3, 0.4) is 0 Å². The highest BCUT2D eigenvalue weighted by Gasteiger charge is 2.20. The van der Waals surface area contributed by atoms with Crippen LogP contribution in [0.2, 0.25) is 0 Å². The van der Waals surface area contributed by atoms with E-state index < -0.39 is 0 Å². The zero-order chi connectivity index (χ0) is 16.7. The smallest absolute Gasteiger partial charge is 0.410 e. The maximum Gasteiger partial charge on any atom is 0.410 e. The average molecular weight is 314 g/mol. The minimum absolute atomic E-state index is 0.227. The van der Waals surface area contributed by atoms with Gasteiger partial charge < -0.3 is 14.5 Å². The Bertz CT molecular complexity index is 562. The third-order valence-corrected chi connectivity index (χ3v) is 4.04. The lowest BCUT2D eigenvalue weighted by molar-refractivity contribution is 0.0884. The molecule has 0 saturated carbocycles. The summed E-state index contributed by atoms with van der Waals surface area (Å²) in [7, 11) is 2.06. The molecular weight excluding hydrogens is 288 g/mol. The van der Waals surface area contributed by atoms with E-state index in [1.807, 2.05) is 37.3 Å². The molecule has 2 aliphatic rings. The summed E-state index contributed by atoms with van der Waals surface area (Å²) in [5.41, 5.74) is 3.14. The van der Waals surface area contributed by atoms with Crippen LogP contribution in [0.1, 0.15) is 13.3 Å². The van der Waals surface area contributed by atoms with Crippen molar-refractivity contribution in [3.05, 3.63) is 59.8 Å². The fourth-order valence-electron chi connectivity index (χ4n) is 2.50. The highest BCUT2D eigenvalue weighted by Crippen LogP contribution is 2.21. The molecule has 0 unspecified atom stereocenters. The predicted molar refractivity (Wildman–Crippen MR) is 94.3 cm³/mol. The Morgan fingerprint density at radius 3 is 2.78 bits per heavy atom. The van der Waals surface area contributed by atoms with E-state index in [4.69, 9.17) is 4.74 Å². The summed E-state index contributed by atoms with van der Waals surface area (Å²) in [6.07, 6.45) is 12.7. The van der Waals surface area contributed by atoms with Gasteiger partial charge in [-0.05, 0) is 43.2 Å². The van der Waals surface area contributed by atoms with Gasteiger partial charge in [-0.3, -0.25) is 0 Å². The molecule has 1 aliphatic carbocycles. The van der Waals surface area contributed by atoms with Crippen LogP contribution in [0.25, 0.3) is 0 Å². The van der Waals surface area contributed by atoms with Crippen LogP contribution in [-0.4, -0.2) is 55.7 Å². The zero-order valence-electron chi connectivity index (χ0n) is 14.1. The SMILES string of the molecule is C=C1CC=CC(COC(=O)N2CCN(C)CC2)=C/C1=C/C=C\C. The molecule has 124 valence electrons. The molecule has 0 atom stereocenters. The van der Waals surface area contributed by atoms with Gasteiger partial charge >= 0.3 is 6.09 Å². The van der Waals surface area contributed by atoms with Gasteiger partial charge in [-0.15, -0.1) is 0 Å². The quantitative estimate of drug-likeness (QED) is 0.801. The molecule has 0 aromatic carbocycles. The molecule has 1 saturated heterocycles. The van der Waals surface area contributed by atoms with Crippen molar-refractivity contribution in [1.82, 2.24) is 9.80 Å². The number of carbonyl (C=O) groups is 1. The van der Waals surface area contributed by atoms with Gasteiger partial charge in [-0.2, -0.15) is 0 Å². The van der Waals surface area contributed by atoms with E-state index in [-0.39, 0.29) is 6.09 Å². The average Bonchev–Trinajstić information content (AvgIpc) is 2.73. The summed E-state index contributed by atoms with van der Waals surface area (Å²) in [6.45, 7) is 9.63. The van der Waals surface area contributed by atoms with Crippen LogP contribution in [0.5, 0.6) is 0 Å². The molecule has 2 rings (SSSR count). The molecule has 0 aromatic heterocycles. The minimum Gasteiger partial charge on any atom is -0.445 e.